The zero-order valence-corrected chi connectivity index (χ0v) is 19.3. The summed E-state index contributed by atoms with van der Waals surface area (Å²) in [6.45, 7) is 0.467. The number of amides is 2. The molecule has 3 aromatic rings. The van der Waals surface area contributed by atoms with Gasteiger partial charge in [-0.15, -0.1) is 0 Å². The van der Waals surface area contributed by atoms with Crippen LogP contribution in [0.2, 0.25) is 0 Å². The van der Waals surface area contributed by atoms with Crippen LogP contribution in [0.4, 0.5) is 5.69 Å². The molecule has 0 saturated heterocycles. The minimum Gasteiger partial charge on any atom is -0.484 e. The Morgan fingerprint density at radius 3 is 2.11 bits per heavy atom. The van der Waals surface area contributed by atoms with Crippen molar-refractivity contribution in [3.63, 3.8) is 0 Å². The lowest BCUT2D eigenvalue weighted by molar-refractivity contribution is -0.150. The van der Waals surface area contributed by atoms with Gasteiger partial charge in [-0.05, 0) is 25.1 Å². The van der Waals surface area contributed by atoms with E-state index in [-0.39, 0.29) is 40.6 Å². The van der Waals surface area contributed by atoms with E-state index in [0.717, 1.165) is 0 Å². The standard InChI is InChI=1S/C27H22N2O7/c1-16(28-22(30)14-35-17-8-3-2-4-9-17)27(34)36-15-23(31)29-21-13-7-12-20-24(21)26(33)19-11-6-5-10-18(19)25(20)32/h2-13,16H,14-15H2,1H3,(H,28,30)(H,29,31). The van der Waals surface area contributed by atoms with Crippen molar-refractivity contribution in [1.82, 2.24) is 5.32 Å². The van der Waals surface area contributed by atoms with E-state index in [4.69, 9.17) is 9.47 Å². The van der Waals surface area contributed by atoms with Crippen molar-refractivity contribution in [2.24, 2.45) is 0 Å². The minimum absolute atomic E-state index is 0.0833. The van der Waals surface area contributed by atoms with Gasteiger partial charge in [-0.1, -0.05) is 54.6 Å². The predicted molar refractivity (Wildman–Crippen MR) is 129 cm³/mol. The Bertz CT molecular complexity index is 1350. The second-order valence-corrected chi connectivity index (χ2v) is 7.98. The fraction of sp³-hybridized carbons (Fsp3) is 0.148. The van der Waals surface area contributed by atoms with Crippen molar-refractivity contribution < 1.29 is 33.4 Å². The third-order valence-electron chi connectivity index (χ3n) is 5.42. The van der Waals surface area contributed by atoms with E-state index in [9.17, 15) is 24.0 Å². The molecule has 9 nitrogen and oxygen atoms in total. The van der Waals surface area contributed by atoms with Crippen molar-refractivity contribution in [2.45, 2.75) is 13.0 Å². The number of para-hydroxylation sites is 1. The maximum Gasteiger partial charge on any atom is 0.328 e. The third-order valence-corrected chi connectivity index (χ3v) is 5.42. The molecule has 9 heteroatoms. The van der Waals surface area contributed by atoms with Crippen molar-refractivity contribution in [3.05, 3.63) is 95.1 Å². The van der Waals surface area contributed by atoms with E-state index in [1.807, 2.05) is 6.07 Å². The summed E-state index contributed by atoms with van der Waals surface area (Å²) in [6.07, 6.45) is 0. The minimum atomic E-state index is -1.02. The Morgan fingerprint density at radius 2 is 1.39 bits per heavy atom. The molecular weight excluding hydrogens is 464 g/mol. The van der Waals surface area contributed by atoms with Gasteiger partial charge in [0.15, 0.2) is 24.8 Å². The average Bonchev–Trinajstić information content (AvgIpc) is 2.89. The zero-order valence-electron chi connectivity index (χ0n) is 19.3. The van der Waals surface area contributed by atoms with Crippen LogP contribution in [0.15, 0.2) is 72.8 Å². The van der Waals surface area contributed by atoms with Crippen LogP contribution in [-0.4, -0.2) is 48.6 Å². The summed E-state index contributed by atoms with van der Waals surface area (Å²) < 4.78 is 10.3. The molecule has 0 aliphatic heterocycles. The first-order valence-electron chi connectivity index (χ1n) is 11.1. The topological polar surface area (TPSA) is 128 Å². The molecule has 0 bridgehead atoms. The van der Waals surface area contributed by atoms with Crippen molar-refractivity contribution in [3.8, 4) is 5.75 Å². The summed E-state index contributed by atoms with van der Waals surface area (Å²) in [6, 6.07) is 18.7. The van der Waals surface area contributed by atoms with Crippen molar-refractivity contribution in [2.75, 3.05) is 18.5 Å². The number of carbonyl (C=O) groups excluding carboxylic acids is 5. The first kappa shape index (κ1) is 24.3. The number of ether oxygens (including phenoxy) is 2. The zero-order chi connectivity index (χ0) is 25.7. The van der Waals surface area contributed by atoms with Gasteiger partial charge in [0.25, 0.3) is 11.8 Å². The van der Waals surface area contributed by atoms with Crippen molar-refractivity contribution >= 4 is 35.0 Å². The molecular formula is C27H22N2O7. The van der Waals surface area contributed by atoms with Gasteiger partial charge >= 0.3 is 5.97 Å². The number of nitrogens with one attached hydrogen (secondary N) is 2. The molecule has 1 atom stereocenters. The maximum absolute atomic E-state index is 13.0. The second-order valence-electron chi connectivity index (χ2n) is 7.98. The van der Waals surface area contributed by atoms with Gasteiger partial charge in [0.05, 0.1) is 11.3 Å². The molecule has 0 saturated carbocycles. The molecule has 0 spiro atoms. The summed E-state index contributed by atoms with van der Waals surface area (Å²) in [5.74, 6) is -2.26. The number of rotatable bonds is 8. The Morgan fingerprint density at radius 1 is 0.750 bits per heavy atom. The molecule has 4 rings (SSSR count). The Balaban J connectivity index is 1.32. The van der Waals surface area contributed by atoms with Gasteiger partial charge in [-0.25, -0.2) is 4.79 Å². The molecule has 0 aromatic heterocycles. The van der Waals surface area contributed by atoms with Gasteiger partial charge in [0, 0.05) is 16.7 Å². The number of benzene rings is 3. The fourth-order valence-electron chi connectivity index (χ4n) is 3.70. The third kappa shape index (κ3) is 5.30. The summed E-state index contributed by atoms with van der Waals surface area (Å²) in [7, 11) is 0. The molecule has 0 fully saturated rings. The van der Waals surface area contributed by atoms with Crippen LogP contribution in [0.1, 0.15) is 38.8 Å². The van der Waals surface area contributed by atoms with Crippen LogP contribution >= 0.6 is 0 Å². The molecule has 36 heavy (non-hydrogen) atoms. The van der Waals surface area contributed by atoms with Crippen molar-refractivity contribution in [1.29, 1.82) is 0 Å². The lowest BCUT2D eigenvalue weighted by Gasteiger charge is -2.20. The van der Waals surface area contributed by atoms with Crippen LogP contribution in [0.3, 0.4) is 0 Å². The molecule has 1 aliphatic rings. The highest BCUT2D eigenvalue weighted by Gasteiger charge is 2.31. The van der Waals surface area contributed by atoms with Crippen LogP contribution in [-0.2, 0) is 19.1 Å². The highest BCUT2D eigenvalue weighted by molar-refractivity contribution is 6.30. The lowest BCUT2D eigenvalue weighted by Crippen LogP contribution is -2.42. The summed E-state index contributed by atoms with van der Waals surface area (Å²) in [5.41, 5.74) is 0.963. The number of carbonyl (C=O) groups is 5. The Hall–Kier alpha value is -4.79. The van der Waals surface area contributed by atoms with E-state index in [2.05, 4.69) is 10.6 Å². The molecule has 3 aromatic carbocycles. The second kappa shape index (κ2) is 10.6. The summed E-state index contributed by atoms with van der Waals surface area (Å²) >= 11 is 0. The quantitative estimate of drug-likeness (QED) is 0.366. The van der Waals surface area contributed by atoms with Gasteiger partial charge in [-0.2, -0.15) is 0 Å². The van der Waals surface area contributed by atoms with E-state index >= 15 is 0 Å². The number of fused-ring (bicyclic) bond motifs is 2. The monoisotopic (exact) mass is 486 g/mol. The van der Waals surface area contributed by atoms with Crippen LogP contribution in [0.25, 0.3) is 0 Å². The van der Waals surface area contributed by atoms with E-state index in [1.54, 1.807) is 54.6 Å². The summed E-state index contributed by atoms with van der Waals surface area (Å²) in [5, 5.41) is 4.96. The van der Waals surface area contributed by atoms with Gasteiger partial charge in [0.2, 0.25) is 0 Å². The van der Waals surface area contributed by atoms with Crippen LogP contribution < -0.4 is 15.4 Å². The molecule has 1 unspecified atom stereocenters. The van der Waals surface area contributed by atoms with Crippen LogP contribution in [0.5, 0.6) is 5.75 Å². The summed E-state index contributed by atoms with van der Waals surface area (Å²) in [4.78, 5) is 62.5. The van der Waals surface area contributed by atoms with Gasteiger partial charge in [-0.3, -0.25) is 19.2 Å². The van der Waals surface area contributed by atoms with Gasteiger partial charge < -0.3 is 20.1 Å². The first-order valence-corrected chi connectivity index (χ1v) is 11.1. The number of hydrogen-bond acceptors (Lipinski definition) is 7. The molecule has 2 N–H and O–H groups in total. The molecule has 0 radical (unpaired) electrons. The molecule has 1 aliphatic carbocycles. The smallest absolute Gasteiger partial charge is 0.328 e. The predicted octanol–water partition coefficient (Wildman–Crippen LogP) is 2.53. The van der Waals surface area contributed by atoms with Gasteiger partial charge in [0.1, 0.15) is 11.8 Å². The highest BCUT2D eigenvalue weighted by Crippen LogP contribution is 2.31. The molecule has 2 amide bonds. The van der Waals surface area contributed by atoms with Crippen LogP contribution in [0, 0.1) is 0 Å². The lowest BCUT2D eigenvalue weighted by atomic mass is 9.83. The first-order chi connectivity index (χ1) is 17.3. The maximum atomic E-state index is 13.0. The Kier molecular flexibility index (Phi) is 7.20. The normalized spacial score (nSPS) is 12.6. The molecule has 182 valence electrons. The Labute approximate surface area is 206 Å². The van der Waals surface area contributed by atoms with E-state index in [0.29, 0.717) is 11.3 Å². The van der Waals surface area contributed by atoms with E-state index in [1.165, 1.54) is 19.1 Å². The fourth-order valence-corrected chi connectivity index (χ4v) is 3.70. The number of anilines is 1. The molecule has 0 heterocycles. The SMILES string of the molecule is CC(NC(=O)COc1ccccc1)C(=O)OCC(=O)Nc1cccc2c1C(=O)c1ccccc1C2=O. The largest absolute Gasteiger partial charge is 0.484 e. The number of ketones is 2. The number of esters is 1. The average molecular weight is 486 g/mol. The van der Waals surface area contributed by atoms with E-state index < -0.39 is 30.4 Å². The number of hydrogen-bond donors (Lipinski definition) is 2. The highest BCUT2D eigenvalue weighted by atomic mass is 16.5.